The van der Waals surface area contributed by atoms with Crippen LogP contribution in [0.25, 0.3) is 0 Å². The normalized spacial score (nSPS) is 44.0. The molecule has 0 spiro atoms. The maximum atomic E-state index is 10.2. The molecule has 29 heavy (non-hydrogen) atoms. The zero-order valence-corrected chi connectivity index (χ0v) is 19.7. The van der Waals surface area contributed by atoms with E-state index in [4.69, 9.17) is 0 Å². The maximum Gasteiger partial charge on any atom is 0.0546 e. The van der Waals surface area contributed by atoms with Gasteiger partial charge in [-0.25, -0.2) is 0 Å². The fourth-order valence-corrected chi connectivity index (χ4v) is 7.49. The Bertz CT molecular complexity index is 712. The SMILES string of the molecule is CC(C)[C@@H](C)/C=C\[C@@H](C)[C@H]1CCC2=C3C=CC4C[C@@H](O)CC[C@]4(C)[C@H]3CC[C@@]21C. The highest BCUT2D eigenvalue weighted by molar-refractivity contribution is 5.42. The van der Waals surface area contributed by atoms with Gasteiger partial charge in [-0.1, -0.05) is 71.4 Å². The molecule has 0 aromatic heterocycles. The molecule has 0 heterocycles. The highest BCUT2D eigenvalue weighted by Crippen LogP contribution is 2.64. The fourth-order valence-electron chi connectivity index (χ4n) is 7.49. The summed E-state index contributed by atoms with van der Waals surface area (Å²) in [5, 5.41) is 10.2. The second-order valence-electron chi connectivity index (χ2n) is 11.8. The molecular formula is C28H44O. The minimum absolute atomic E-state index is 0.0856. The molecule has 1 heteroatoms. The van der Waals surface area contributed by atoms with Crippen molar-refractivity contribution >= 4 is 0 Å². The molecule has 0 aromatic carbocycles. The lowest BCUT2D eigenvalue weighted by molar-refractivity contribution is -0.00263. The molecule has 4 rings (SSSR count). The predicted molar refractivity (Wildman–Crippen MR) is 123 cm³/mol. The third kappa shape index (κ3) is 3.50. The van der Waals surface area contributed by atoms with E-state index in [0.29, 0.717) is 28.6 Å². The van der Waals surface area contributed by atoms with Gasteiger partial charge in [0.15, 0.2) is 0 Å². The monoisotopic (exact) mass is 396 g/mol. The van der Waals surface area contributed by atoms with E-state index in [2.05, 4.69) is 65.8 Å². The summed E-state index contributed by atoms with van der Waals surface area (Å²) >= 11 is 0. The third-order valence-corrected chi connectivity index (χ3v) is 9.99. The minimum Gasteiger partial charge on any atom is -0.393 e. The van der Waals surface area contributed by atoms with Gasteiger partial charge in [0.05, 0.1) is 6.10 Å². The summed E-state index contributed by atoms with van der Waals surface area (Å²) in [5.41, 5.74) is 4.27. The molecule has 0 aliphatic heterocycles. The van der Waals surface area contributed by atoms with E-state index in [-0.39, 0.29) is 6.10 Å². The van der Waals surface area contributed by atoms with E-state index in [9.17, 15) is 5.11 Å². The van der Waals surface area contributed by atoms with E-state index in [0.717, 1.165) is 30.6 Å². The van der Waals surface area contributed by atoms with Crippen molar-refractivity contribution in [2.24, 2.45) is 46.3 Å². The topological polar surface area (TPSA) is 20.2 Å². The molecule has 1 N–H and O–H groups in total. The second kappa shape index (κ2) is 7.70. The van der Waals surface area contributed by atoms with E-state index < -0.39 is 0 Å². The van der Waals surface area contributed by atoms with Crippen LogP contribution in [0.1, 0.15) is 86.5 Å². The lowest BCUT2D eigenvalue weighted by Crippen LogP contribution is -2.46. The molecule has 0 saturated heterocycles. The van der Waals surface area contributed by atoms with Gasteiger partial charge in [-0.15, -0.1) is 0 Å². The Kier molecular flexibility index (Phi) is 5.69. The first-order valence-electron chi connectivity index (χ1n) is 12.4. The molecule has 162 valence electrons. The van der Waals surface area contributed by atoms with Gasteiger partial charge in [0.25, 0.3) is 0 Å². The highest BCUT2D eigenvalue weighted by Gasteiger charge is 2.54. The smallest absolute Gasteiger partial charge is 0.0546 e. The Hall–Kier alpha value is -0.820. The number of hydrogen-bond donors (Lipinski definition) is 1. The zero-order chi connectivity index (χ0) is 21.0. The lowest BCUT2D eigenvalue weighted by Gasteiger charge is -2.54. The lowest BCUT2D eigenvalue weighted by atomic mass is 9.50. The molecule has 2 saturated carbocycles. The summed E-state index contributed by atoms with van der Waals surface area (Å²) in [6, 6.07) is 0. The van der Waals surface area contributed by atoms with Crippen molar-refractivity contribution < 1.29 is 5.11 Å². The first-order valence-corrected chi connectivity index (χ1v) is 12.4. The van der Waals surface area contributed by atoms with Crippen molar-refractivity contribution in [2.45, 2.75) is 92.6 Å². The van der Waals surface area contributed by atoms with Crippen LogP contribution < -0.4 is 0 Å². The second-order valence-corrected chi connectivity index (χ2v) is 11.8. The Morgan fingerprint density at radius 3 is 2.52 bits per heavy atom. The summed E-state index contributed by atoms with van der Waals surface area (Å²) in [6.45, 7) is 14.6. The van der Waals surface area contributed by atoms with Crippen molar-refractivity contribution in [3.63, 3.8) is 0 Å². The third-order valence-electron chi connectivity index (χ3n) is 9.99. The quantitative estimate of drug-likeness (QED) is 0.493. The van der Waals surface area contributed by atoms with Crippen LogP contribution in [-0.2, 0) is 0 Å². The largest absolute Gasteiger partial charge is 0.393 e. The van der Waals surface area contributed by atoms with Crippen molar-refractivity contribution in [3.05, 3.63) is 35.5 Å². The molecule has 0 radical (unpaired) electrons. The van der Waals surface area contributed by atoms with Gasteiger partial charge >= 0.3 is 0 Å². The van der Waals surface area contributed by atoms with Gasteiger partial charge < -0.3 is 5.11 Å². The van der Waals surface area contributed by atoms with Crippen molar-refractivity contribution in [1.82, 2.24) is 0 Å². The summed E-state index contributed by atoms with van der Waals surface area (Å²) in [7, 11) is 0. The van der Waals surface area contributed by atoms with Crippen LogP contribution in [0.2, 0.25) is 0 Å². The van der Waals surface area contributed by atoms with Gasteiger partial charge in [-0.3, -0.25) is 0 Å². The molecule has 4 aliphatic rings. The first-order chi connectivity index (χ1) is 13.7. The van der Waals surface area contributed by atoms with Gasteiger partial charge in [0.1, 0.15) is 0 Å². The van der Waals surface area contributed by atoms with Gasteiger partial charge in [-0.2, -0.15) is 0 Å². The molecule has 1 nitrogen and oxygen atoms in total. The molecular weight excluding hydrogens is 352 g/mol. The van der Waals surface area contributed by atoms with Crippen LogP contribution in [0.3, 0.4) is 0 Å². The van der Waals surface area contributed by atoms with Crippen molar-refractivity contribution in [2.75, 3.05) is 0 Å². The molecule has 0 amide bonds. The number of rotatable bonds is 4. The zero-order valence-electron chi connectivity index (χ0n) is 19.7. The Labute approximate surface area is 179 Å². The summed E-state index contributed by atoms with van der Waals surface area (Å²) in [6.07, 6.45) is 18.4. The van der Waals surface area contributed by atoms with Crippen LogP contribution in [0.15, 0.2) is 35.5 Å². The number of allylic oxidation sites excluding steroid dienone is 6. The maximum absolute atomic E-state index is 10.2. The predicted octanol–water partition coefficient (Wildman–Crippen LogP) is 7.33. The fraction of sp³-hybridized carbons (Fsp3) is 0.786. The van der Waals surface area contributed by atoms with Crippen LogP contribution in [0.5, 0.6) is 0 Å². The van der Waals surface area contributed by atoms with Crippen LogP contribution in [-0.4, -0.2) is 11.2 Å². The minimum atomic E-state index is -0.0856. The first kappa shape index (κ1) is 21.4. The summed E-state index contributed by atoms with van der Waals surface area (Å²) in [5.74, 6) is 4.13. The van der Waals surface area contributed by atoms with E-state index in [1.807, 2.05) is 0 Å². The molecule has 0 aromatic rings. The molecule has 8 atom stereocenters. The number of aliphatic hydroxyl groups is 1. The molecule has 1 unspecified atom stereocenters. The standard InChI is InChI=1S/C28H44O/c1-18(2)19(3)7-8-20(4)24-11-12-25-23-10-9-21-17-22(29)13-15-27(21,5)26(23)14-16-28(24,25)6/h7-10,18-22,24,26,29H,11-17H2,1-6H3/b8-7-/t19-,20+,21?,22-,24+,26-,27-,28+/m0/s1. The van der Waals surface area contributed by atoms with Crippen LogP contribution in [0, 0.1) is 46.3 Å². The highest BCUT2D eigenvalue weighted by atomic mass is 16.3. The van der Waals surface area contributed by atoms with Gasteiger partial charge in [0.2, 0.25) is 0 Å². The van der Waals surface area contributed by atoms with Crippen LogP contribution in [0.4, 0.5) is 0 Å². The van der Waals surface area contributed by atoms with Crippen molar-refractivity contribution in [3.8, 4) is 0 Å². The van der Waals surface area contributed by atoms with Gasteiger partial charge in [-0.05, 0) is 96.9 Å². The summed E-state index contributed by atoms with van der Waals surface area (Å²) in [4.78, 5) is 0. The van der Waals surface area contributed by atoms with E-state index in [1.165, 1.54) is 32.1 Å². The molecule has 4 aliphatic carbocycles. The average Bonchev–Trinajstić information content (AvgIpc) is 3.03. The number of hydrogen-bond acceptors (Lipinski definition) is 1. The summed E-state index contributed by atoms with van der Waals surface area (Å²) < 4.78 is 0. The number of fused-ring (bicyclic) bond motifs is 4. The Morgan fingerprint density at radius 1 is 1.03 bits per heavy atom. The molecule has 2 fully saturated rings. The molecule has 0 bridgehead atoms. The Balaban J connectivity index is 1.61. The van der Waals surface area contributed by atoms with E-state index in [1.54, 1.807) is 11.1 Å². The van der Waals surface area contributed by atoms with Gasteiger partial charge in [0, 0.05) is 0 Å². The van der Waals surface area contributed by atoms with E-state index >= 15 is 0 Å². The number of aliphatic hydroxyl groups excluding tert-OH is 1. The average molecular weight is 397 g/mol. The Morgan fingerprint density at radius 2 is 1.79 bits per heavy atom. The van der Waals surface area contributed by atoms with Crippen LogP contribution >= 0.6 is 0 Å². The van der Waals surface area contributed by atoms with Crippen molar-refractivity contribution in [1.29, 1.82) is 0 Å².